The van der Waals surface area contributed by atoms with Crippen LogP contribution in [0.2, 0.25) is 0 Å². The summed E-state index contributed by atoms with van der Waals surface area (Å²) in [5.41, 5.74) is -0.476. The van der Waals surface area contributed by atoms with Gasteiger partial charge in [-0.05, 0) is 13.1 Å². The molecule has 0 bridgehead atoms. The summed E-state index contributed by atoms with van der Waals surface area (Å²) in [4.78, 5) is 23.7. The molecule has 1 aromatic heterocycles. The highest BCUT2D eigenvalue weighted by Crippen LogP contribution is 1.79. The molecule has 0 aliphatic rings. The summed E-state index contributed by atoms with van der Waals surface area (Å²) in [6.45, 7) is 8.04. The Labute approximate surface area is 107 Å². The Morgan fingerprint density at radius 1 is 1.06 bits per heavy atom. The second kappa shape index (κ2) is 7.84. The molecule has 6 nitrogen and oxygen atoms in total. The lowest BCUT2D eigenvalue weighted by molar-refractivity contribution is 0.517. The molecule has 0 amide bonds. The van der Waals surface area contributed by atoms with Gasteiger partial charge in [0.25, 0.3) is 5.56 Å². The number of hydrogen-bond acceptors (Lipinski definition) is 4. The Bertz CT molecular complexity index is 464. The van der Waals surface area contributed by atoms with E-state index in [0.717, 1.165) is 19.6 Å². The van der Waals surface area contributed by atoms with E-state index in [2.05, 4.69) is 10.6 Å². The van der Waals surface area contributed by atoms with E-state index in [9.17, 15) is 9.59 Å². The number of likely N-dealkylation sites (N-methyl/N-ethyl adjacent to an activating group) is 2. The maximum atomic E-state index is 12.0. The molecule has 0 unspecified atom stereocenters. The molecule has 0 radical (unpaired) electrons. The molecule has 0 aliphatic heterocycles. The molecule has 18 heavy (non-hydrogen) atoms. The molecule has 6 heteroatoms. The van der Waals surface area contributed by atoms with Crippen molar-refractivity contribution in [2.24, 2.45) is 0 Å². The van der Waals surface area contributed by atoms with Crippen molar-refractivity contribution in [3.05, 3.63) is 33.1 Å². The quantitative estimate of drug-likeness (QED) is 0.598. The standard InChI is InChI=1S/C12H22N4O2/c1-3-13-6-9-15-8-5-11(17)16(12(15)18)10-7-14-4-2/h5,8,13-14H,3-4,6-7,9-10H2,1-2H3. The fourth-order valence-corrected chi connectivity index (χ4v) is 1.68. The molecule has 0 atom stereocenters. The Balaban J connectivity index is 2.79. The normalized spacial score (nSPS) is 10.8. The van der Waals surface area contributed by atoms with E-state index < -0.39 is 0 Å². The molecule has 0 saturated carbocycles. The Morgan fingerprint density at radius 3 is 2.28 bits per heavy atom. The zero-order chi connectivity index (χ0) is 13.4. The Morgan fingerprint density at radius 2 is 1.67 bits per heavy atom. The van der Waals surface area contributed by atoms with Gasteiger partial charge in [0.15, 0.2) is 0 Å². The SMILES string of the molecule is CCNCCn1ccc(=O)n(CCNCC)c1=O. The molecule has 0 aliphatic carbocycles. The minimum atomic E-state index is -0.238. The van der Waals surface area contributed by atoms with E-state index in [1.54, 1.807) is 10.8 Å². The van der Waals surface area contributed by atoms with Gasteiger partial charge in [0.2, 0.25) is 0 Å². The fourth-order valence-electron chi connectivity index (χ4n) is 1.68. The summed E-state index contributed by atoms with van der Waals surface area (Å²) in [5.74, 6) is 0. The first-order valence-corrected chi connectivity index (χ1v) is 6.42. The summed E-state index contributed by atoms with van der Waals surface area (Å²) in [5, 5.41) is 6.25. The molecule has 102 valence electrons. The van der Waals surface area contributed by atoms with Gasteiger partial charge in [-0.2, -0.15) is 0 Å². The number of hydrogen-bond donors (Lipinski definition) is 2. The van der Waals surface area contributed by atoms with Crippen molar-refractivity contribution in [2.75, 3.05) is 26.2 Å². The van der Waals surface area contributed by atoms with Crippen molar-refractivity contribution in [1.29, 1.82) is 0 Å². The van der Waals surface area contributed by atoms with Gasteiger partial charge in [0.05, 0.1) is 0 Å². The number of aromatic nitrogens is 2. The first kappa shape index (κ1) is 14.7. The molecule has 0 fully saturated rings. The van der Waals surface area contributed by atoms with Crippen molar-refractivity contribution in [2.45, 2.75) is 26.9 Å². The Kier molecular flexibility index (Phi) is 6.38. The van der Waals surface area contributed by atoms with E-state index in [1.165, 1.54) is 10.6 Å². The van der Waals surface area contributed by atoms with Gasteiger partial charge in [-0.15, -0.1) is 0 Å². The van der Waals surface area contributed by atoms with Gasteiger partial charge >= 0.3 is 5.69 Å². The molecule has 0 saturated heterocycles. The molecule has 1 heterocycles. The lowest BCUT2D eigenvalue weighted by atomic mass is 10.5. The molecule has 1 aromatic rings. The molecule has 1 rings (SSSR count). The predicted molar refractivity (Wildman–Crippen MR) is 72.0 cm³/mol. The number of nitrogens with zero attached hydrogens (tertiary/aromatic N) is 2. The summed E-state index contributed by atoms with van der Waals surface area (Å²) >= 11 is 0. The largest absolute Gasteiger partial charge is 0.331 e. The van der Waals surface area contributed by atoms with E-state index in [-0.39, 0.29) is 11.2 Å². The first-order chi connectivity index (χ1) is 8.70. The third-order valence-electron chi connectivity index (χ3n) is 2.68. The van der Waals surface area contributed by atoms with Crippen LogP contribution in [-0.2, 0) is 13.1 Å². The van der Waals surface area contributed by atoms with Crippen LogP contribution in [-0.4, -0.2) is 35.3 Å². The van der Waals surface area contributed by atoms with E-state index >= 15 is 0 Å². The van der Waals surface area contributed by atoms with Gasteiger partial charge in [-0.1, -0.05) is 13.8 Å². The maximum Gasteiger partial charge on any atom is 0.331 e. The van der Waals surface area contributed by atoms with Crippen molar-refractivity contribution in [1.82, 2.24) is 19.8 Å². The zero-order valence-corrected chi connectivity index (χ0v) is 11.1. The average Bonchev–Trinajstić information content (AvgIpc) is 2.36. The third-order valence-corrected chi connectivity index (χ3v) is 2.68. The lowest BCUT2D eigenvalue weighted by Crippen LogP contribution is -2.42. The summed E-state index contributed by atoms with van der Waals surface area (Å²) in [7, 11) is 0. The fraction of sp³-hybridized carbons (Fsp3) is 0.667. The number of rotatable bonds is 8. The van der Waals surface area contributed by atoms with Crippen LogP contribution in [0.1, 0.15) is 13.8 Å². The van der Waals surface area contributed by atoms with E-state index in [1.807, 2.05) is 13.8 Å². The average molecular weight is 254 g/mol. The maximum absolute atomic E-state index is 12.0. The third kappa shape index (κ3) is 4.12. The summed E-state index contributed by atoms with van der Waals surface area (Å²) < 4.78 is 2.84. The van der Waals surface area contributed by atoms with E-state index in [0.29, 0.717) is 19.6 Å². The van der Waals surface area contributed by atoms with Gasteiger partial charge < -0.3 is 10.6 Å². The molecule has 0 aromatic carbocycles. The molecular formula is C12H22N4O2. The molecular weight excluding hydrogens is 232 g/mol. The smallest absolute Gasteiger partial charge is 0.315 e. The van der Waals surface area contributed by atoms with Crippen LogP contribution in [0, 0.1) is 0 Å². The highest BCUT2D eigenvalue weighted by Gasteiger charge is 2.04. The van der Waals surface area contributed by atoms with Crippen LogP contribution in [0.25, 0.3) is 0 Å². The first-order valence-electron chi connectivity index (χ1n) is 6.42. The monoisotopic (exact) mass is 254 g/mol. The molecule has 0 spiro atoms. The lowest BCUT2D eigenvalue weighted by Gasteiger charge is -2.10. The zero-order valence-electron chi connectivity index (χ0n) is 11.1. The van der Waals surface area contributed by atoms with Crippen molar-refractivity contribution >= 4 is 0 Å². The van der Waals surface area contributed by atoms with Crippen LogP contribution in [0.5, 0.6) is 0 Å². The van der Waals surface area contributed by atoms with Crippen LogP contribution < -0.4 is 21.9 Å². The van der Waals surface area contributed by atoms with Crippen LogP contribution in [0.3, 0.4) is 0 Å². The van der Waals surface area contributed by atoms with Crippen LogP contribution in [0.4, 0.5) is 0 Å². The topological polar surface area (TPSA) is 68.1 Å². The van der Waals surface area contributed by atoms with Crippen molar-refractivity contribution in [3.63, 3.8) is 0 Å². The van der Waals surface area contributed by atoms with Gasteiger partial charge in [0.1, 0.15) is 0 Å². The molecule has 2 N–H and O–H groups in total. The highest BCUT2D eigenvalue weighted by molar-refractivity contribution is 4.86. The second-order valence-electron chi connectivity index (χ2n) is 3.99. The highest BCUT2D eigenvalue weighted by atomic mass is 16.2. The van der Waals surface area contributed by atoms with Gasteiger partial charge in [0, 0.05) is 38.4 Å². The van der Waals surface area contributed by atoms with Crippen LogP contribution in [0.15, 0.2) is 21.9 Å². The number of nitrogens with one attached hydrogen (secondary N) is 2. The van der Waals surface area contributed by atoms with Gasteiger partial charge in [-0.3, -0.25) is 13.9 Å². The minimum absolute atomic E-state index is 0.238. The summed E-state index contributed by atoms with van der Waals surface area (Å²) in [6.07, 6.45) is 1.56. The van der Waals surface area contributed by atoms with Crippen LogP contribution >= 0.6 is 0 Å². The minimum Gasteiger partial charge on any atom is -0.315 e. The summed E-state index contributed by atoms with van der Waals surface area (Å²) in [6, 6.07) is 1.44. The van der Waals surface area contributed by atoms with Crippen molar-refractivity contribution in [3.8, 4) is 0 Å². The second-order valence-corrected chi connectivity index (χ2v) is 3.99. The van der Waals surface area contributed by atoms with Crippen molar-refractivity contribution < 1.29 is 0 Å². The predicted octanol–water partition coefficient (Wildman–Crippen LogP) is -0.771. The van der Waals surface area contributed by atoms with Gasteiger partial charge in [-0.25, -0.2) is 4.79 Å². The van der Waals surface area contributed by atoms with E-state index in [4.69, 9.17) is 0 Å². The Hall–Kier alpha value is -1.40.